The number of rotatable bonds is 4. The first-order valence-corrected chi connectivity index (χ1v) is 7.20. The number of halogens is 1. The standard InChI is InChI=1S/C15H20N4O3.ClH/c1-19-7-6-16-9-11(19)14-17-15(22-18-14)10-4-5-12(20-2)13(8-10)21-3;/h4-5,8,11,16H,6-7,9H2,1-3H3;1H. The third-order valence-electron chi connectivity index (χ3n) is 3.88. The Morgan fingerprint density at radius 1 is 1.26 bits per heavy atom. The van der Waals surface area contributed by atoms with E-state index in [0.717, 1.165) is 25.2 Å². The number of hydrogen-bond donors (Lipinski definition) is 1. The predicted octanol–water partition coefficient (Wildman–Crippen LogP) is 1.75. The van der Waals surface area contributed by atoms with E-state index in [-0.39, 0.29) is 18.4 Å². The predicted molar refractivity (Wildman–Crippen MR) is 88.3 cm³/mol. The SMILES string of the molecule is COc1ccc(-c2nc(C3CNCCN3C)no2)cc1OC.Cl. The molecular weight excluding hydrogens is 320 g/mol. The fourth-order valence-electron chi connectivity index (χ4n) is 2.55. The van der Waals surface area contributed by atoms with Crippen molar-refractivity contribution in [3.63, 3.8) is 0 Å². The maximum Gasteiger partial charge on any atom is 0.258 e. The molecule has 1 N–H and O–H groups in total. The molecule has 126 valence electrons. The van der Waals surface area contributed by atoms with Gasteiger partial charge >= 0.3 is 0 Å². The summed E-state index contributed by atoms with van der Waals surface area (Å²) in [7, 11) is 5.27. The average molecular weight is 341 g/mol. The van der Waals surface area contributed by atoms with Gasteiger partial charge in [-0.2, -0.15) is 4.98 Å². The van der Waals surface area contributed by atoms with Crippen LogP contribution in [0.2, 0.25) is 0 Å². The smallest absolute Gasteiger partial charge is 0.258 e. The van der Waals surface area contributed by atoms with E-state index in [0.29, 0.717) is 23.2 Å². The molecule has 8 heteroatoms. The van der Waals surface area contributed by atoms with E-state index in [2.05, 4.69) is 27.4 Å². The zero-order valence-corrected chi connectivity index (χ0v) is 14.2. The van der Waals surface area contributed by atoms with Crippen LogP contribution in [0.25, 0.3) is 11.5 Å². The number of methoxy groups -OCH3 is 2. The molecule has 0 amide bonds. The first kappa shape index (κ1) is 17.5. The van der Waals surface area contributed by atoms with E-state index in [4.69, 9.17) is 14.0 Å². The van der Waals surface area contributed by atoms with E-state index in [1.807, 2.05) is 18.2 Å². The third kappa shape index (κ3) is 3.57. The lowest BCUT2D eigenvalue weighted by atomic mass is 10.2. The molecule has 1 fully saturated rings. The second-order valence-electron chi connectivity index (χ2n) is 5.23. The largest absolute Gasteiger partial charge is 0.493 e. The van der Waals surface area contributed by atoms with Crippen LogP contribution >= 0.6 is 12.4 Å². The summed E-state index contributed by atoms with van der Waals surface area (Å²) in [5.41, 5.74) is 0.808. The van der Waals surface area contributed by atoms with Crippen LogP contribution in [0, 0.1) is 0 Å². The average Bonchev–Trinajstić information content (AvgIpc) is 3.04. The van der Waals surface area contributed by atoms with Crippen LogP contribution in [0.3, 0.4) is 0 Å². The second-order valence-corrected chi connectivity index (χ2v) is 5.23. The number of ether oxygens (including phenoxy) is 2. The molecule has 0 radical (unpaired) electrons. The van der Waals surface area contributed by atoms with Crippen LogP contribution in [-0.2, 0) is 0 Å². The molecule has 1 aliphatic heterocycles. The summed E-state index contributed by atoms with van der Waals surface area (Å²) in [6.07, 6.45) is 0. The molecule has 0 bridgehead atoms. The topological polar surface area (TPSA) is 72.7 Å². The number of benzene rings is 1. The highest BCUT2D eigenvalue weighted by molar-refractivity contribution is 5.85. The van der Waals surface area contributed by atoms with Gasteiger partial charge in [0.15, 0.2) is 17.3 Å². The molecule has 0 saturated carbocycles. The Morgan fingerprint density at radius 3 is 2.74 bits per heavy atom. The highest BCUT2D eigenvalue weighted by atomic mass is 35.5. The van der Waals surface area contributed by atoms with Gasteiger partial charge in [-0.25, -0.2) is 0 Å². The van der Waals surface area contributed by atoms with Crippen molar-refractivity contribution in [2.45, 2.75) is 6.04 Å². The lowest BCUT2D eigenvalue weighted by Gasteiger charge is -2.30. The summed E-state index contributed by atoms with van der Waals surface area (Å²) >= 11 is 0. The first-order valence-electron chi connectivity index (χ1n) is 7.20. The summed E-state index contributed by atoms with van der Waals surface area (Å²) < 4.78 is 16.0. The van der Waals surface area contributed by atoms with E-state index in [1.165, 1.54) is 0 Å². The van der Waals surface area contributed by atoms with Gasteiger partial charge in [-0.1, -0.05) is 5.16 Å². The molecular formula is C15H21ClN4O3. The molecule has 2 heterocycles. The minimum Gasteiger partial charge on any atom is -0.493 e. The molecule has 1 atom stereocenters. The minimum absolute atomic E-state index is 0. The maximum atomic E-state index is 5.41. The third-order valence-corrected chi connectivity index (χ3v) is 3.88. The van der Waals surface area contributed by atoms with Crippen molar-refractivity contribution in [3.05, 3.63) is 24.0 Å². The lowest BCUT2D eigenvalue weighted by molar-refractivity contribution is 0.190. The van der Waals surface area contributed by atoms with Crippen LogP contribution in [-0.4, -0.2) is 55.9 Å². The van der Waals surface area contributed by atoms with Crippen molar-refractivity contribution >= 4 is 12.4 Å². The molecule has 23 heavy (non-hydrogen) atoms. The fourth-order valence-corrected chi connectivity index (χ4v) is 2.55. The summed E-state index contributed by atoms with van der Waals surface area (Å²) in [5.74, 6) is 2.48. The second kappa shape index (κ2) is 7.63. The quantitative estimate of drug-likeness (QED) is 0.909. The molecule has 0 spiro atoms. The minimum atomic E-state index is 0. The van der Waals surface area contributed by atoms with Gasteiger partial charge in [0.2, 0.25) is 0 Å². The Bertz CT molecular complexity index is 649. The molecule has 2 aromatic rings. The van der Waals surface area contributed by atoms with E-state index >= 15 is 0 Å². The Balaban J connectivity index is 0.00000192. The summed E-state index contributed by atoms with van der Waals surface area (Å²) in [5, 5.41) is 7.47. The molecule has 1 unspecified atom stereocenters. The molecule has 7 nitrogen and oxygen atoms in total. The first-order chi connectivity index (χ1) is 10.7. The number of nitrogens with zero attached hydrogens (tertiary/aromatic N) is 3. The van der Waals surface area contributed by atoms with Gasteiger partial charge < -0.3 is 19.3 Å². The van der Waals surface area contributed by atoms with E-state index in [1.54, 1.807) is 14.2 Å². The zero-order valence-electron chi connectivity index (χ0n) is 13.4. The normalized spacial score (nSPS) is 18.3. The van der Waals surface area contributed by atoms with Crippen molar-refractivity contribution in [2.24, 2.45) is 0 Å². The van der Waals surface area contributed by atoms with Gasteiger partial charge in [0.25, 0.3) is 5.89 Å². The Morgan fingerprint density at radius 2 is 2.04 bits per heavy atom. The van der Waals surface area contributed by atoms with Crippen molar-refractivity contribution < 1.29 is 14.0 Å². The highest BCUT2D eigenvalue weighted by Crippen LogP contribution is 2.32. The number of piperazine rings is 1. The van der Waals surface area contributed by atoms with E-state index in [9.17, 15) is 0 Å². The summed E-state index contributed by atoms with van der Waals surface area (Å²) in [6, 6.07) is 5.67. The highest BCUT2D eigenvalue weighted by Gasteiger charge is 2.25. The molecule has 1 aromatic carbocycles. The maximum absolute atomic E-state index is 5.41. The van der Waals surface area contributed by atoms with Gasteiger partial charge in [0, 0.05) is 25.2 Å². The summed E-state index contributed by atoms with van der Waals surface area (Å²) in [6.45, 7) is 2.76. The van der Waals surface area contributed by atoms with Gasteiger partial charge in [-0.05, 0) is 25.2 Å². The molecule has 1 aliphatic rings. The Labute approximate surface area is 141 Å². The van der Waals surface area contributed by atoms with E-state index < -0.39 is 0 Å². The van der Waals surface area contributed by atoms with Crippen LogP contribution in [0.15, 0.2) is 22.7 Å². The lowest BCUT2D eigenvalue weighted by Crippen LogP contribution is -2.44. The van der Waals surface area contributed by atoms with Crippen LogP contribution in [0.5, 0.6) is 11.5 Å². The van der Waals surface area contributed by atoms with Crippen LogP contribution in [0.4, 0.5) is 0 Å². The van der Waals surface area contributed by atoms with Crippen LogP contribution < -0.4 is 14.8 Å². The monoisotopic (exact) mass is 340 g/mol. The van der Waals surface area contributed by atoms with Crippen molar-refractivity contribution in [2.75, 3.05) is 40.9 Å². The molecule has 1 aromatic heterocycles. The number of likely N-dealkylation sites (N-methyl/N-ethyl adjacent to an activating group) is 1. The fraction of sp³-hybridized carbons (Fsp3) is 0.467. The van der Waals surface area contributed by atoms with Crippen LogP contribution in [0.1, 0.15) is 11.9 Å². The zero-order chi connectivity index (χ0) is 15.5. The number of nitrogens with one attached hydrogen (secondary N) is 1. The molecule has 3 rings (SSSR count). The van der Waals surface area contributed by atoms with Gasteiger partial charge in [-0.15, -0.1) is 12.4 Å². The van der Waals surface area contributed by atoms with Crippen molar-refractivity contribution in [1.82, 2.24) is 20.4 Å². The summed E-state index contributed by atoms with van der Waals surface area (Å²) in [4.78, 5) is 6.75. The van der Waals surface area contributed by atoms with Gasteiger partial charge in [0.05, 0.1) is 20.3 Å². The van der Waals surface area contributed by atoms with Crippen molar-refractivity contribution in [1.29, 1.82) is 0 Å². The number of hydrogen-bond acceptors (Lipinski definition) is 7. The van der Waals surface area contributed by atoms with Crippen molar-refractivity contribution in [3.8, 4) is 23.0 Å². The Hall–Kier alpha value is -1.83. The molecule has 0 aliphatic carbocycles. The Kier molecular flexibility index (Phi) is 5.81. The van der Waals surface area contributed by atoms with Gasteiger partial charge in [-0.3, -0.25) is 4.90 Å². The van der Waals surface area contributed by atoms with Gasteiger partial charge in [0.1, 0.15) is 0 Å². The number of aromatic nitrogens is 2. The molecule has 1 saturated heterocycles.